The van der Waals surface area contributed by atoms with E-state index in [0.717, 1.165) is 44.9 Å². The molecule has 0 aliphatic heterocycles. The van der Waals surface area contributed by atoms with E-state index in [-0.39, 0.29) is 35.3 Å². The molecule has 0 saturated heterocycles. The maximum Gasteiger partial charge on any atom is 0.191 e. The third-order valence-corrected chi connectivity index (χ3v) is 4.54. The van der Waals surface area contributed by atoms with Crippen molar-refractivity contribution >= 4 is 41.7 Å². The first-order valence-corrected chi connectivity index (χ1v) is 8.89. The molecule has 0 spiro atoms. The first-order chi connectivity index (χ1) is 9.49. The van der Waals surface area contributed by atoms with Gasteiger partial charge in [0.1, 0.15) is 0 Å². The highest BCUT2D eigenvalue weighted by Gasteiger charge is 2.15. The zero-order chi connectivity index (χ0) is 15.4. The summed E-state index contributed by atoms with van der Waals surface area (Å²) in [6.07, 6.45) is 5.27. The van der Waals surface area contributed by atoms with Crippen molar-refractivity contribution in [3.63, 3.8) is 0 Å². The van der Waals surface area contributed by atoms with Gasteiger partial charge in [-0.2, -0.15) is 11.8 Å². The van der Waals surface area contributed by atoms with Crippen molar-refractivity contribution in [1.29, 1.82) is 0 Å². The van der Waals surface area contributed by atoms with Gasteiger partial charge in [-0.3, -0.25) is 4.99 Å². The maximum absolute atomic E-state index is 9.10. The number of rotatable bonds is 10. The van der Waals surface area contributed by atoms with Gasteiger partial charge in [-0.1, -0.05) is 13.3 Å². The van der Waals surface area contributed by atoms with Crippen LogP contribution in [0.25, 0.3) is 0 Å². The molecule has 0 saturated carbocycles. The molecule has 0 rings (SSSR count). The summed E-state index contributed by atoms with van der Waals surface area (Å²) in [6.45, 7) is 11.5. The summed E-state index contributed by atoms with van der Waals surface area (Å²) in [7, 11) is 0. The van der Waals surface area contributed by atoms with Crippen LogP contribution < -0.4 is 10.6 Å². The number of aliphatic imine (C=N–C) groups is 1. The van der Waals surface area contributed by atoms with Crippen LogP contribution in [-0.2, 0) is 0 Å². The first kappa shape index (κ1) is 23.6. The van der Waals surface area contributed by atoms with E-state index in [0.29, 0.717) is 5.92 Å². The average molecular weight is 431 g/mol. The Morgan fingerprint density at radius 2 is 1.90 bits per heavy atom. The fraction of sp³-hybridized carbons (Fsp3) is 0.933. The third kappa shape index (κ3) is 12.5. The maximum atomic E-state index is 9.10. The molecule has 0 heterocycles. The van der Waals surface area contributed by atoms with Crippen molar-refractivity contribution in [2.24, 2.45) is 10.9 Å². The van der Waals surface area contributed by atoms with Gasteiger partial charge >= 0.3 is 0 Å². The van der Waals surface area contributed by atoms with Crippen molar-refractivity contribution in [3.8, 4) is 0 Å². The van der Waals surface area contributed by atoms with Gasteiger partial charge in [0.25, 0.3) is 0 Å². The minimum Gasteiger partial charge on any atom is -0.396 e. The fourth-order valence-electron chi connectivity index (χ4n) is 1.86. The Balaban J connectivity index is 0. The molecular weight excluding hydrogens is 397 g/mol. The predicted molar refractivity (Wildman–Crippen MR) is 107 cm³/mol. The Kier molecular flexibility index (Phi) is 15.6. The number of halogens is 1. The van der Waals surface area contributed by atoms with Crippen LogP contribution in [0.2, 0.25) is 0 Å². The minimum absolute atomic E-state index is 0. The summed E-state index contributed by atoms with van der Waals surface area (Å²) in [6, 6.07) is 0. The highest BCUT2D eigenvalue weighted by molar-refractivity contribution is 14.0. The zero-order valence-corrected chi connectivity index (χ0v) is 17.4. The molecule has 0 radical (unpaired) electrons. The number of thioether (sulfide) groups is 1. The molecule has 0 aromatic rings. The lowest BCUT2D eigenvalue weighted by Crippen LogP contribution is -2.40. The molecule has 128 valence electrons. The largest absolute Gasteiger partial charge is 0.396 e. The quantitative estimate of drug-likeness (QED) is 0.283. The molecule has 0 fully saturated rings. The number of hydrogen-bond donors (Lipinski definition) is 3. The minimum atomic E-state index is 0. The third-order valence-electron chi connectivity index (χ3n) is 3.31. The second kappa shape index (κ2) is 13.9. The van der Waals surface area contributed by atoms with Gasteiger partial charge in [-0.05, 0) is 45.8 Å². The summed E-state index contributed by atoms with van der Waals surface area (Å²) in [5, 5.41) is 15.8. The Bertz CT molecular complexity index is 270. The van der Waals surface area contributed by atoms with E-state index in [1.165, 1.54) is 0 Å². The van der Waals surface area contributed by atoms with Gasteiger partial charge in [-0.15, -0.1) is 24.0 Å². The topological polar surface area (TPSA) is 56.6 Å². The van der Waals surface area contributed by atoms with Gasteiger partial charge in [-0.25, -0.2) is 0 Å². The number of hydrogen-bond acceptors (Lipinski definition) is 3. The van der Waals surface area contributed by atoms with Crippen LogP contribution in [0.3, 0.4) is 0 Å². The van der Waals surface area contributed by atoms with Crippen molar-refractivity contribution in [2.45, 2.75) is 51.7 Å². The standard InChI is InChI=1S/C15H33N3OS.HI/c1-6-8-13(9-10-19)11-17-14(16-7-2)18-12-15(3,4)20-5;/h13,19H,6-12H2,1-5H3,(H2,16,17,18);1H. The Morgan fingerprint density at radius 3 is 2.38 bits per heavy atom. The van der Waals surface area contributed by atoms with Crippen molar-refractivity contribution in [3.05, 3.63) is 0 Å². The van der Waals surface area contributed by atoms with Gasteiger partial charge in [0, 0.05) is 24.4 Å². The van der Waals surface area contributed by atoms with E-state index < -0.39 is 0 Å². The smallest absolute Gasteiger partial charge is 0.191 e. The number of guanidine groups is 1. The molecular formula is C15H34IN3OS. The summed E-state index contributed by atoms with van der Waals surface area (Å²) >= 11 is 1.83. The monoisotopic (exact) mass is 431 g/mol. The predicted octanol–water partition coefficient (Wildman–Crippen LogP) is 3.10. The first-order valence-electron chi connectivity index (χ1n) is 7.67. The lowest BCUT2D eigenvalue weighted by Gasteiger charge is -2.22. The summed E-state index contributed by atoms with van der Waals surface area (Å²) < 4.78 is 0.163. The van der Waals surface area contributed by atoms with Crippen molar-refractivity contribution < 1.29 is 5.11 Å². The average Bonchev–Trinajstić information content (AvgIpc) is 2.42. The molecule has 1 atom stereocenters. The van der Waals surface area contributed by atoms with E-state index in [1.54, 1.807) is 0 Å². The number of nitrogens with one attached hydrogen (secondary N) is 2. The normalized spacial score (nSPS) is 13.5. The molecule has 6 heteroatoms. The summed E-state index contributed by atoms with van der Waals surface area (Å²) in [5.41, 5.74) is 0. The lowest BCUT2D eigenvalue weighted by molar-refractivity contribution is 0.251. The highest BCUT2D eigenvalue weighted by Crippen LogP contribution is 2.20. The van der Waals surface area contributed by atoms with Crippen molar-refractivity contribution in [1.82, 2.24) is 10.6 Å². The molecule has 0 aliphatic carbocycles. The second-order valence-electron chi connectivity index (χ2n) is 5.71. The Hall–Kier alpha value is 0.310. The Labute approximate surface area is 152 Å². The summed E-state index contributed by atoms with van der Waals surface area (Å²) in [4.78, 5) is 4.66. The molecule has 0 amide bonds. The van der Waals surface area contributed by atoms with Crippen LogP contribution >= 0.6 is 35.7 Å². The summed E-state index contributed by atoms with van der Waals surface area (Å²) in [5.74, 6) is 1.40. The van der Waals surface area contributed by atoms with Crippen molar-refractivity contribution in [2.75, 3.05) is 32.5 Å². The number of nitrogens with zero attached hydrogens (tertiary/aromatic N) is 1. The van der Waals surface area contributed by atoms with Gasteiger partial charge in [0.15, 0.2) is 5.96 Å². The molecule has 0 aromatic carbocycles. The zero-order valence-electron chi connectivity index (χ0n) is 14.2. The van der Waals surface area contributed by atoms with E-state index in [4.69, 9.17) is 5.11 Å². The van der Waals surface area contributed by atoms with E-state index in [2.05, 4.69) is 49.6 Å². The van der Waals surface area contributed by atoms with Crippen LogP contribution in [0.15, 0.2) is 4.99 Å². The van der Waals surface area contributed by atoms with Crippen LogP contribution in [0.5, 0.6) is 0 Å². The van der Waals surface area contributed by atoms with Crippen LogP contribution in [0.4, 0.5) is 0 Å². The lowest BCUT2D eigenvalue weighted by atomic mass is 10.0. The van der Waals surface area contributed by atoms with Gasteiger partial charge in [0.2, 0.25) is 0 Å². The van der Waals surface area contributed by atoms with E-state index in [1.807, 2.05) is 11.8 Å². The molecule has 1 unspecified atom stereocenters. The number of aliphatic hydroxyl groups excluding tert-OH is 1. The van der Waals surface area contributed by atoms with Crippen LogP contribution in [-0.4, -0.2) is 48.3 Å². The molecule has 0 aliphatic rings. The fourth-order valence-corrected chi connectivity index (χ4v) is 2.05. The second-order valence-corrected chi connectivity index (χ2v) is 7.22. The highest BCUT2D eigenvalue weighted by atomic mass is 127. The van der Waals surface area contributed by atoms with Gasteiger partial charge in [0.05, 0.1) is 6.54 Å². The molecule has 4 nitrogen and oxygen atoms in total. The molecule has 21 heavy (non-hydrogen) atoms. The Morgan fingerprint density at radius 1 is 1.24 bits per heavy atom. The van der Waals surface area contributed by atoms with E-state index >= 15 is 0 Å². The molecule has 0 bridgehead atoms. The van der Waals surface area contributed by atoms with Gasteiger partial charge < -0.3 is 15.7 Å². The number of aliphatic hydroxyl groups is 1. The molecule has 3 N–H and O–H groups in total. The van der Waals surface area contributed by atoms with Crippen LogP contribution in [0.1, 0.15) is 47.0 Å². The van der Waals surface area contributed by atoms with Crippen LogP contribution in [0, 0.1) is 5.92 Å². The SMILES string of the molecule is CCCC(CCO)CNC(=NCC(C)(C)SC)NCC.I. The molecule has 0 aromatic heterocycles. The van der Waals surface area contributed by atoms with E-state index in [9.17, 15) is 0 Å².